The van der Waals surface area contributed by atoms with Crippen LogP contribution in [0.1, 0.15) is 32.2 Å². The Morgan fingerprint density at radius 1 is 1.00 bits per heavy atom. The maximum atomic E-state index is 12.8. The lowest BCUT2D eigenvalue weighted by Crippen LogP contribution is -2.22. The van der Waals surface area contributed by atoms with E-state index < -0.39 is 11.8 Å². The zero-order valence-electron chi connectivity index (χ0n) is 17.0. The number of nitrogens with one attached hydrogen (secondary N) is 3. The molecule has 3 heterocycles. The van der Waals surface area contributed by atoms with Gasteiger partial charge in [-0.3, -0.25) is 9.59 Å². The summed E-state index contributed by atoms with van der Waals surface area (Å²) in [7, 11) is 2.92. The third kappa shape index (κ3) is 4.66. The molecule has 0 fully saturated rings. The first-order valence-electron chi connectivity index (χ1n) is 9.03. The number of anilines is 3. The minimum Gasteiger partial charge on any atom is -0.480 e. The average molecular weight is 407 g/mol. The summed E-state index contributed by atoms with van der Waals surface area (Å²) in [5.41, 5.74) is 1.50. The molecule has 0 aliphatic carbocycles. The minimum atomic E-state index is -0.476. The first-order chi connectivity index (χ1) is 14.4. The Bertz CT molecular complexity index is 1080. The van der Waals surface area contributed by atoms with Gasteiger partial charge >= 0.3 is 0 Å². The van der Waals surface area contributed by atoms with Crippen molar-refractivity contribution in [2.24, 2.45) is 0 Å². The van der Waals surface area contributed by atoms with Crippen LogP contribution in [-0.4, -0.2) is 45.9 Å². The molecular formula is C20H21N7O3. The van der Waals surface area contributed by atoms with Gasteiger partial charge in [0.1, 0.15) is 23.0 Å². The number of nitrogens with zero attached hydrogens (tertiary/aromatic N) is 4. The number of hydrogen-bond acceptors (Lipinski definition) is 8. The number of carbonyl (C=O) groups is 2. The summed E-state index contributed by atoms with van der Waals surface area (Å²) < 4.78 is 5.14. The Balaban J connectivity index is 1.95. The zero-order valence-corrected chi connectivity index (χ0v) is 17.0. The third-order valence-corrected chi connectivity index (χ3v) is 4.06. The molecule has 0 aliphatic heterocycles. The molecule has 3 aromatic rings. The second kappa shape index (κ2) is 8.95. The molecule has 3 aromatic heterocycles. The van der Waals surface area contributed by atoms with Crippen LogP contribution in [0, 0.1) is 13.8 Å². The van der Waals surface area contributed by atoms with Crippen LogP contribution in [0.15, 0.2) is 36.7 Å². The molecule has 2 amide bonds. The van der Waals surface area contributed by atoms with Crippen LogP contribution in [0.4, 0.5) is 17.3 Å². The molecule has 30 heavy (non-hydrogen) atoms. The van der Waals surface area contributed by atoms with Crippen LogP contribution in [0.2, 0.25) is 0 Å². The van der Waals surface area contributed by atoms with Crippen molar-refractivity contribution < 1.29 is 14.3 Å². The lowest BCUT2D eigenvalue weighted by molar-refractivity contribution is 0.0963. The Morgan fingerprint density at radius 2 is 1.80 bits per heavy atom. The van der Waals surface area contributed by atoms with Gasteiger partial charge in [0.15, 0.2) is 0 Å². The normalized spacial score (nSPS) is 10.3. The van der Waals surface area contributed by atoms with Crippen LogP contribution in [0.3, 0.4) is 0 Å². The predicted molar refractivity (Wildman–Crippen MR) is 111 cm³/mol. The Morgan fingerprint density at radius 3 is 2.50 bits per heavy atom. The quantitative estimate of drug-likeness (QED) is 0.567. The third-order valence-electron chi connectivity index (χ3n) is 4.06. The maximum Gasteiger partial charge on any atom is 0.261 e. The number of methoxy groups -OCH3 is 1. The smallest absolute Gasteiger partial charge is 0.261 e. The lowest BCUT2D eigenvalue weighted by Gasteiger charge is -2.13. The number of aromatic nitrogens is 4. The molecule has 3 rings (SSSR count). The highest BCUT2D eigenvalue weighted by molar-refractivity contribution is 6.10. The van der Waals surface area contributed by atoms with Gasteiger partial charge in [-0.2, -0.15) is 0 Å². The van der Waals surface area contributed by atoms with Crippen molar-refractivity contribution in [1.82, 2.24) is 25.3 Å². The summed E-state index contributed by atoms with van der Waals surface area (Å²) in [6, 6.07) is 6.52. The molecule has 0 aromatic carbocycles. The van der Waals surface area contributed by atoms with Gasteiger partial charge < -0.3 is 20.7 Å². The van der Waals surface area contributed by atoms with E-state index >= 15 is 0 Å². The molecule has 10 heteroatoms. The number of rotatable bonds is 6. The molecule has 10 nitrogen and oxygen atoms in total. The number of aryl methyl sites for hydroxylation is 2. The van der Waals surface area contributed by atoms with E-state index in [9.17, 15) is 9.59 Å². The van der Waals surface area contributed by atoms with Crippen molar-refractivity contribution >= 4 is 29.1 Å². The van der Waals surface area contributed by atoms with Crippen LogP contribution in [0.5, 0.6) is 5.88 Å². The van der Waals surface area contributed by atoms with Gasteiger partial charge in [-0.15, -0.1) is 0 Å². The molecule has 0 bridgehead atoms. The van der Waals surface area contributed by atoms with Crippen LogP contribution >= 0.6 is 0 Å². The van der Waals surface area contributed by atoms with E-state index in [1.54, 1.807) is 31.2 Å². The number of ether oxygens (including phenoxy) is 1. The number of hydrogen-bond donors (Lipinski definition) is 3. The Labute approximate surface area is 173 Å². The molecular weight excluding hydrogens is 386 g/mol. The number of pyridine rings is 2. The summed E-state index contributed by atoms with van der Waals surface area (Å²) in [6.45, 7) is 3.64. The standard InChI is InChI=1S/C20H21N7O3/c1-11-8-17(25-12(2)24-11)27-16-9-15(14(10-23-16)18(28)21-3)26-19(29)13-6-5-7-22-20(13)30-4/h5-10H,1-4H3,(H,21,28)(H2,23,24,25,26,27,29). The Hall–Kier alpha value is -4.08. The lowest BCUT2D eigenvalue weighted by atomic mass is 10.2. The van der Waals surface area contributed by atoms with E-state index in [4.69, 9.17) is 4.74 Å². The predicted octanol–water partition coefficient (Wildman–Crippen LogP) is 2.25. The van der Waals surface area contributed by atoms with Gasteiger partial charge in [-0.25, -0.2) is 19.9 Å². The summed E-state index contributed by atoms with van der Waals surface area (Å²) in [4.78, 5) is 41.9. The van der Waals surface area contributed by atoms with Crippen LogP contribution in [-0.2, 0) is 0 Å². The van der Waals surface area contributed by atoms with Crippen molar-refractivity contribution in [2.75, 3.05) is 24.8 Å². The van der Waals surface area contributed by atoms with Gasteiger partial charge in [0.2, 0.25) is 5.88 Å². The fourth-order valence-corrected chi connectivity index (χ4v) is 2.77. The van der Waals surface area contributed by atoms with Crippen LogP contribution in [0.25, 0.3) is 0 Å². The topological polar surface area (TPSA) is 131 Å². The summed E-state index contributed by atoms with van der Waals surface area (Å²) in [6.07, 6.45) is 2.89. The fourth-order valence-electron chi connectivity index (χ4n) is 2.77. The first-order valence-corrected chi connectivity index (χ1v) is 9.03. The van der Waals surface area contributed by atoms with Gasteiger partial charge in [-0.1, -0.05) is 0 Å². The molecule has 0 saturated carbocycles. The molecule has 0 saturated heterocycles. The highest BCUT2D eigenvalue weighted by atomic mass is 16.5. The molecule has 3 N–H and O–H groups in total. The molecule has 0 radical (unpaired) electrons. The van der Waals surface area contributed by atoms with E-state index in [0.29, 0.717) is 17.5 Å². The first kappa shape index (κ1) is 20.6. The van der Waals surface area contributed by atoms with E-state index in [2.05, 4.69) is 35.9 Å². The minimum absolute atomic E-state index is 0.177. The highest BCUT2D eigenvalue weighted by Gasteiger charge is 2.18. The van der Waals surface area contributed by atoms with Gasteiger partial charge in [-0.05, 0) is 26.0 Å². The monoisotopic (exact) mass is 407 g/mol. The SMILES string of the molecule is CNC(=O)c1cnc(Nc2cc(C)nc(C)n2)cc1NC(=O)c1cccnc1OC. The largest absolute Gasteiger partial charge is 0.480 e. The molecule has 154 valence electrons. The van der Waals surface area contributed by atoms with Crippen molar-refractivity contribution in [3.05, 3.63) is 59.3 Å². The average Bonchev–Trinajstić information content (AvgIpc) is 2.72. The van der Waals surface area contributed by atoms with Gasteiger partial charge in [0.25, 0.3) is 11.8 Å². The summed E-state index contributed by atoms with van der Waals surface area (Å²) >= 11 is 0. The highest BCUT2D eigenvalue weighted by Crippen LogP contribution is 2.23. The summed E-state index contributed by atoms with van der Waals surface area (Å²) in [5.74, 6) is 0.861. The number of amides is 2. The molecule has 0 spiro atoms. The second-order valence-electron chi connectivity index (χ2n) is 6.28. The summed E-state index contributed by atoms with van der Waals surface area (Å²) in [5, 5.41) is 8.33. The second-order valence-corrected chi connectivity index (χ2v) is 6.28. The maximum absolute atomic E-state index is 12.8. The van der Waals surface area contributed by atoms with Crippen LogP contribution < -0.4 is 20.7 Å². The van der Waals surface area contributed by atoms with E-state index in [1.165, 1.54) is 26.6 Å². The zero-order chi connectivity index (χ0) is 21.7. The van der Waals surface area contributed by atoms with E-state index in [0.717, 1.165) is 5.69 Å². The van der Waals surface area contributed by atoms with Crippen molar-refractivity contribution in [3.8, 4) is 5.88 Å². The van der Waals surface area contributed by atoms with E-state index in [1.807, 2.05) is 6.92 Å². The Kier molecular flexibility index (Phi) is 6.16. The van der Waals surface area contributed by atoms with Gasteiger partial charge in [0, 0.05) is 37.3 Å². The number of carbonyl (C=O) groups excluding carboxylic acids is 2. The van der Waals surface area contributed by atoms with Crippen molar-refractivity contribution in [2.45, 2.75) is 13.8 Å². The van der Waals surface area contributed by atoms with Gasteiger partial charge in [0.05, 0.1) is 18.4 Å². The van der Waals surface area contributed by atoms with Crippen molar-refractivity contribution in [1.29, 1.82) is 0 Å². The van der Waals surface area contributed by atoms with E-state index in [-0.39, 0.29) is 22.7 Å². The molecule has 0 atom stereocenters. The molecule has 0 aliphatic rings. The molecule has 0 unspecified atom stereocenters. The fraction of sp³-hybridized carbons (Fsp3) is 0.200. The van der Waals surface area contributed by atoms with Crippen molar-refractivity contribution in [3.63, 3.8) is 0 Å².